The van der Waals surface area contributed by atoms with E-state index < -0.39 is 5.97 Å². The largest absolute Gasteiger partial charge is 0.478 e. The van der Waals surface area contributed by atoms with Crippen LogP contribution in [-0.2, 0) is 17.9 Å². The van der Waals surface area contributed by atoms with E-state index in [1.165, 1.54) is 24.8 Å². The van der Waals surface area contributed by atoms with Crippen LogP contribution < -0.4 is 0 Å². The van der Waals surface area contributed by atoms with E-state index in [4.69, 9.17) is 0 Å². The van der Waals surface area contributed by atoms with Crippen molar-refractivity contribution in [3.8, 4) is 11.3 Å². The number of rotatable bonds is 2. The number of carboxylic acids is 1. The molecule has 0 saturated heterocycles. The van der Waals surface area contributed by atoms with Gasteiger partial charge in [-0.2, -0.15) is 0 Å². The molecule has 0 radical (unpaired) electrons. The standard InChI is InChI=1S/C25H26N2O3/c1-26-14-18-9-5-6-10-19(18)24-23(16-7-3-2-4-8-16)20-12-11-17(25(29)30)13-21(20)27(24)15-22(26)28/h5-6,9-13,16H,2-4,7-8,14-15H2,1H3,(H,29,30). The minimum absolute atomic E-state index is 0.0403. The van der Waals surface area contributed by atoms with Crippen molar-refractivity contribution in [2.75, 3.05) is 7.05 Å². The van der Waals surface area contributed by atoms with Gasteiger partial charge in [0.05, 0.1) is 16.8 Å². The molecule has 1 aliphatic carbocycles. The zero-order chi connectivity index (χ0) is 20.8. The highest BCUT2D eigenvalue weighted by molar-refractivity contribution is 5.99. The predicted octanol–water partition coefficient (Wildman–Crippen LogP) is 5.03. The fourth-order valence-electron chi connectivity index (χ4n) is 5.26. The van der Waals surface area contributed by atoms with Crippen molar-refractivity contribution in [1.82, 2.24) is 9.47 Å². The highest BCUT2D eigenvalue weighted by atomic mass is 16.4. The zero-order valence-corrected chi connectivity index (χ0v) is 17.2. The van der Waals surface area contributed by atoms with Gasteiger partial charge in [0.25, 0.3) is 0 Å². The number of aromatic carboxylic acids is 1. The maximum absolute atomic E-state index is 13.0. The van der Waals surface area contributed by atoms with Crippen molar-refractivity contribution < 1.29 is 14.7 Å². The molecule has 1 aromatic heterocycles. The third-order valence-corrected chi connectivity index (χ3v) is 6.76. The molecule has 1 amide bonds. The Kier molecular flexibility index (Phi) is 4.61. The monoisotopic (exact) mass is 402 g/mol. The van der Waals surface area contributed by atoms with E-state index in [0.29, 0.717) is 12.5 Å². The van der Waals surface area contributed by atoms with Gasteiger partial charge in [-0.25, -0.2) is 4.79 Å². The summed E-state index contributed by atoms with van der Waals surface area (Å²) < 4.78 is 2.07. The summed E-state index contributed by atoms with van der Waals surface area (Å²) in [6.45, 7) is 0.813. The maximum atomic E-state index is 13.0. The van der Waals surface area contributed by atoms with Crippen LogP contribution in [0.2, 0.25) is 0 Å². The number of amides is 1. The molecular weight excluding hydrogens is 376 g/mol. The number of benzene rings is 2. The Bertz CT molecular complexity index is 1150. The summed E-state index contributed by atoms with van der Waals surface area (Å²) in [5, 5.41) is 10.7. The fourth-order valence-corrected chi connectivity index (χ4v) is 5.26. The summed E-state index contributed by atoms with van der Waals surface area (Å²) in [5.74, 6) is -0.464. The first-order chi connectivity index (χ1) is 14.5. The number of likely N-dealkylation sites (N-methyl/N-ethyl adjacent to an activating group) is 1. The van der Waals surface area contributed by atoms with Gasteiger partial charge in [-0.05, 0) is 42.0 Å². The number of carbonyl (C=O) groups excluding carboxylic acids is 1. The van der Waals surface area contributed by atoms with Crippen LogP contribution in [-0.4, -0.2) is 33.5 Å². The van der Waals surface area contributed by atoms with E-state index in [9.17, 15) is 14.7 Å². The van der Waals surface area contributed by atoms with Crippen molar-refractivity contribution in [1.29, 1.82) is 0 Å². The van der Waals surface area contributed by atoms with E-state index in [0.717, 1.165) is 40.6 Å². The van der Waals surface area contributed by atoms with Gasteiger partial charge in [0, 0.05) is 24.5 Å². The van der Waals surface area contributed by atoms with Crippen molar-refractivity contribution in [2.24, 2.45) is 0 Å². The Labute approximate surface area is 175 Å². The van der Waals surface area contributed by atoms with Gasteiger partial charge in [-0.1, -0.05) is 49.6 Å². The van der Waals surface area contributed by atoms with E-state index in [1.807, 2.05) is 19.2 Å². The molecule has 30 heavy (non-hydrogen) atoms. The summed E-state index contributed by atoms with van der Waals surface area (Å²) in [6, 6.07) is 13.7. The Morgan fingerprint density at radius 1 is 1.03 bits per heavy atom. The van der Waals surface area contributed by atoms with Crippen LogP contribution >= 0.6 is 0 Å². The summed E-state index contributed by atoms with van der Waals surface area (Å²) in [6.07, 6.45) is 5.99. The summed E-state index contributed by atoms with van der Waals surface area (Å²) in [7, 11) is 1.83. The number of aromatic nitrogens is 1. The van der Waals surface area contributed by atoms with E-state index in [2.05, 4.69) is 22.8 Å². The van der Waals surface area contributed by atoms with Crippen LogP contribution in [0.25, 0.3) is 22.2 Å². The van der Waals surface area contributed by atoms with Gasteiger partial charge < -0.3 is 14.6 Å². The molecular formula is C25H26N2O3. The first-order valence-electron chi connectivity index (χ1n) is 10.8. The molecule has 1 N–H and O–H groups in total. The van der Waals surface area contributed by atoms with E-state index in [1.54, 1.807) is 17.0 Å². The lowest BCUT2D eigenvalue weighted by Gasteiger charge is -2.27. The average Bonchev–Trinajstić information content (AvgIpc) is 3.06. The van der Waals surface area contributed by atoms with Crippen LogP contribution in [0.15, 0.2) is 42.5 Å². The Balaban J connectivity index is 1.87. The van der Waals surface area contributed by atoms with Gasteiger partial charge in [0.2, 0.25) is 5.91 Å². The minimum Gasteiger partial charge on any atom is -0.478 e. The summed E-state index contributed by atoms with van der Waals surface area (Å²) >= 11 is 0. The molecule has 2 heterocycles. The van der Waals surface area contributed by atoms with Crippen LogP contribution in [0, 0.1) is 0 Å². The van der Waals surface area contributed by atoms with Crippen LogP contribution in [0.4, 0.5) is 0 Å². The number of fused-ring (bicyclic) bond motifs is 5. The zero-order valence-electron chi connectivity index (χ0n) is 17.2. The van der Waals surface area contributed by atoms with Crippen LogP contribution in [0.5, 0.6) is 0 Å². The number of carboxylic acid groups (broad SMARTS) is 1. The maximum Gasteiger partial charge on any atom is 0.335 e. The molecule has 2 aliphatic rings. The molecule has 1 fully saturated rings. The molecule has 3 aromatic rings. The van der Waals surface area contributed by atoms with Gasteiger partial charge in [0.15, 0.2) is 0 Å². The highest BCUT2D eigenvalue weighted by Crippen LogP contribution is 2.45. The lowest BCUT2D eigenvalue weighted by molar-refractivity contribution is -0.131. The molecule has 154 valence electrons. The van der Waals surface area contributed by atoms with Crippen LogP contribution in [0.3, 0.4) is 0 Å². The van der Waals surface area contributed by atoms with Crippen molar-refractivity contribution in [3.63, 3.8) is 0 Å². The van der Waals surface area contributed by atoms with Gasteiger partial charge in [-0.15, -0.1) is 0 Å². The smallest absolute Gasteiger partial charge is 0.335 e. The van der Waals surface area contributed by atoms with E-state index in [-0.39, 0.29) is 18.0 Å². The first kappa shape index (κ1) is 18.9. The van der Waals surface area contributed by atoms with Crippen LogP contribution in [0.1, 0.15) is 59.5 Å². The molecule has 5 heteroatoms. The normalized spacial score (nSPS) is 17.4. The first-order valence-corrected chi connectivity index (χ1v) is 10.8. The molecule has 0 bridgehead atoms. The quantitative estimate of drug-likeness (QED) is 0.654. The number of carbonyl (C=O) groups is 2. The molecule has 1 saturated carbocycles. The third-order valence-electron chi connectivity index (χ3n) is 6.76. The minimum atomic E-state index is -0.943. The van der Waals surface area contributed by atoms with Gasteiger partial charge in [0.1, 0.15) is 6.54 Å². The second-order valence-electron chi connectivity index (χ2n) is 8.63. The van der Waals surface area contributed by atoms with Gasteiger partial charge >= 0.3 is 5.97 Å². The third kappa shape index (κ3) is 3.00. The average molecular weight is 402 g/mol. The summed E-state index contributed by atoms with van der Waals surface area (Å²) in [5.41, 5.74) is 5.80. The molecule has 1 aliphatic heterocycles. The van der Waals surface area contributed by atoms with Gasteiger partial charge in [-0.3, -0.25) is 4.79 Å². The molecule has 5 nitrogen and oxygen atoms in total. The van der Waals surface area contributed by atoms with Crippen molar-refractivity contribution >= 4 is 22.8 Å². The molecule has 5 rings (SSSR count). The SMILES string of the molecule is CN1Cc2ccccc2-c2c(C3CCCCC3)c3ccc(C(=O)O)cc3n2CC1=O. The van der Waals surface area contributed by atoms with Crippen molar-refractivity contribution in [3.05, 3.63) is 59.2 Å². The molecule has 0 unspecified atom stereocenters. The Morgan fingerprint density at radius 3 is 2.57 bits per heavy atom. The molecule has 0 atom stereocenters. The molecule has 0 spiro atoms. The van der Waals surface area contributed by atoms with Crippen molar-refractivity contribution in [2.45, 2.75) is 51.1 Å². The lowest BCUT2D eigenvalue weighted by atomic mass is 9.81. The highest BCUT2D eigenvalue weighted by Gasteiger charge is 2.30. The number of hydrogen-bond acceptors (Lipinski definition) is 2. The predicted molar refractivity (Wildman–Crippen MR) is 117 cm³/mol. The Morgan fingerprint density at radius 2 is 1.80 bits per heavy atom. The second kappa shape index (κ2) is 7.31. The second-order valence-corrected chi connectivity index (χ2v) is 8.63. The number of hydrogen-bond donors (Lipinski definition) is 1. The molecule has 2 aromatic carbocycles. The lowest BCUT2D eigenvalue weighted by Crippen LogP contribution is -2.31. The number of nitrogens with zero attached hydrogens (tertiary/aromatic N) is 2. The topological polar surface area (TPSA) is 62.5 Å². The summed E-state index contributed by atoms with van der Waals surface area (Å²) in [4.78, 5) is 26.4. The fraction of sp³-hybridized carbons (Fsp3) is 0.360. The Hall–Kier alpha value is -3.08. The van der Waals surface area contributed by atoms with E-state index >= 15 is 0 Å².